The minimum atomic E-state index is -0.421. The summed E-state index contributed by atoms with van der Waals surface area (Å²) in [4.78, 5) is 17.4. The summed E-state index contributed by atoms with van der Waals surface area (Å²) >= 11 is 0. The molecule has 5 nitrogen and oxygen atoms in total. The second kappa shape index (κ2) is 8.52. The van der Waals surface area contributed by atoms with Crippen LogP contribution in [0.5, 0.6) is 5.75 Å². The largest absolute Gasteiger partial charge is 0.497 e. The molecule has 0 aliphatic carbocycles. The van der Waals surface area contributed by atoms with Crippen LogP contribution in [0.4, 0.5) is 10.1 Å². The van der Waals surface area contributed by atoms with Gasteiger partial charge in [0.2, 0.25) is 0 Å². The van der Waals surface area contributed by atoms with Gasteiger partial charge in [-0.3, -0.25) is 4.79 Å². The summed E-state index contributed by atoms with van der Waals surface area (Å²) in [7, 11) is 3.64. The summed E-state index contributed by atoms with van der Waals surface area (Å²) in [5.74, 6) is 0.292. The summed E-state index contributed by atoms with van der Waals surface area (Å²) in [6, 6.07) is 19.8. The lowest BCUT2D eigenvalue weighted by Gasteiger charge is -2.44. The molecule has 0 unspecified atom stereocenters. The number of likely N-dealkylation sites (tertiary alicyclic amines) is 1. The lowest BCUT2D eigenvalue weighted by molar-refractivity contribution is 0.0693. The quantitative estimate of drug-likeness (QED) is 0.641. The molecule has 0 radical (unpaired) electrons. The van der Waals surface area contributed by atoms with Gasteiger partial charge in [0.15, 0.2) is 0 Å². The van der Waals surface area contributed by atoms with E-state index in [2.05, 4.69) is 23.1 Å². The molecule has 2 heterocycles. The Morgan fingerprint density at radius 1 is 1.09 bits per heavy atom. The van der Waals surface area contributed by atoms with E-state index in [1.807, 2.05) is 36.2 Å². The lowest BCUT2D eigenvalue weighted by Crippen LogP contribution is -2.48. The van der Waals surface area contributed by atoms with Crippen molar-refractivity contribution in [3.8, 4) is 16.9 Å². The number of hydrogen-bond acceptors (Lipinski definition) is 4. The van der Waals surface area contributed by atoms with Gasteiger partial charge in [0.25, 0.3) is 5.91 Å². The Morgan fingerprint density at radius 3 is 2.55 bits per heavy atom. The van der Waals surface area contributed by atoms with Crippen LogP contribution in [-0.4, -0.2) is 49.3 Å². The van der Waals surface area contributed by atoms with Crippen molar-refractivity contribution in [2.24, 2.45) is 5.92 Å². The number of benzene rings is 3. The van der Waals surface area contributed by atoms with Crippen LogP contribution in [0.2, 0.25) is 0 Å². The van der Waals surface area contributed by atoms with Crippen LogP contribution >= 0.6 is 0 Å². The highest BCUT2D eigenvalue weighted by Gasteiger charge is 2.47. The van der Waals surface area contributed by atoms with Crippen molar-refractivity contribution in [2.75, 3.05) is 32.2 Å². The van der Waals surface area contributed by atoms with Crippen molar-refractivity contribution in [1.82, 2.24) is 4.90 Å². The highest BCUT2D eigenvalue weighted by atomic mass is 19.1. The summed E-state index contributed by atoms with van der Waals surface area (Å²) in [6.07, 6.45) is 0.785. The van der Waals surface area contributed by atoms with E-state index in [1.54, 1.807) is 19.2 Å². The van der Waals surface area contributed by atoms with Crippen molar-refractivity contribution in [2.45, 2.75) is 18.5 Å². The number of methoxy groups -OCH3 is 1. The van der Waals surface area contributed by atoms with E-state index in [0.29, 0.717) is 12.1 Å². The number of rotatable bonds is 4. The minimum Gasteiger partial charge on any atom is -0.497 e. The maximum atomic E-state index is 13.8. The third-order valence-electron chi connectivity index (χ3n) is 7.11. The van der Waals surface area contributed by atoms with Crippen LogP contribution < -0.4 is 9.64 Å². The van der Waals surface area contributed by atoms with Crippen LogP contribution in [0.1, 0.15) is 28.4 Å². The number of ether oxygens (including phenoxy) is 1. The average molecular weight is 447 g/mol. The van der Waals surface area contributed by atoms with Gasteiger partial charge in [0.05, 0.1) is 25.8 Å². The molecule has 0 spiro atoms. The van der Waals surface area contributed by atoms with E-state index < -0.39 is 5.82 Å². The van der Waals surface area contributed by atoms with Gasteiger partial charge in [-0.15, -0.1) is 0 Å². The molecular weight excluding hydrogens is 419 g/mol. The third-order valence-corrected chi connectivity index (χ3v) is 7.11. The van der Waals surface area contributed by atoms with Crippen LogP contribution in [0.25, 0.3) is 11.1 Å². The van der Waals surface area contributed by atoms with E-state index in [9.17, 15) is 14.3 Å². The number of halogens is 1. The zero-order valence-corrected chi connectivity index (χ0v) is 18.7. The molecule has 0 saturated carbocycles. The maximum Gasteiger partial charge on any atom is 0.254 e. The normalized spacial score (nSPS) is 21.5. The molecule has 3 atom stereocenters. The maximum absolute atomic E-state index is 13.8. The number of anilines is 1. The van der Waals surface area contributed by atoms with E-state index in [1.165, 1.54) is 12.1 Å². The summed E-state index contributed by atoms with van der Waals surface area (Å²) < 4.78 is 19.1. The second-order valence-electron chi connectivity index (χ2n) is 8.77. The Kier molecular flexibility index (Phi) is 5.54. The predicted molar refractivity (Wildman–Crippen MR) is 126 cm³/mol. The van der Waals surface area contributed by atoms with Gasteiger partial charge in [-0.25, -0.2) is 4.39 Å². The fraction of sp³-hybridized carbons (Fsp3) is 0.296. The monoisotopic (exact) mass is 446 g/mol. The average Bonchev–Trinajstić information content (AvgIpc) is 3.29. The fourth-order valence-corrected chi connectivity index (χ4v) is 5.43. The standard InChI is InChI=1S/C27H27FN2O3/c1-29-24-11-8-18(17-6-9-21(33-2)10-7-17)15-23(24)26-22(25(29)16-31)12-13-30(26)27(32)19-4-3-5-20(28)14-19/h3-11,14-15,22,25-26,31H,12-13,16H2,1-2H3/t22-,25-,26-/m0/s1. The molecule has 170 valence electrons. The van der Waals surface area contributed by atoms with Gasteiger partial charge in [-0.05, 0) is 65.6 Å². The first-order valence-corrected chi connectivity index (χ1v) is 11.2. The number of nitrogens with zero attached hydrogens (tertiary/aromatic N) is 2. The van der Waals surface area contributed by atoms with Crippen LogP contribution in [0.3, 0.4) is 0 Å². The summed E-state index contributed by atoms with van der Waals surface area (Å²) in [5.41, 5.74) is 4.52. The molecule has 6 heteroatoms. The smallest absolute Gasteiger partial charge is 0.254 e. The number of hydrogen-bond donors (Lipinski definition) is 1. The van der Waals surface area contributed by atoms with Gasteiger partial charge in [0, 0.05) is 30.8 Å². The van der Waals surface area contributed by atoms with Crippen molar-refractivity contribution >= 4 is 11.6 Å². The second-order valence-corrected chi connectivity index (χ2v) is 8.77. The highest BCUT2D eigenvalue weighted by molar-refractivity contribution is 5.95. The van der Waals surface area contributed by atoms with Crippen molar-refractivity contribution in [3.63, 3.8) is 0 Å². The molecule has 1 saturated heterocycles. The fourth-order valence-electron chi connectivity index (χ4n) is 5.43. The van der Waals surface area contributed by atoms with Gasteiger partial charge in [0.1, 0.15) is 11.6 Å². The minimum absolute atomic E-state index is 0.0132. The Bertz CT molecular complexity index is 1180. The Balaban J connectivity index is 1.58. The van der Waals surface area contributed by atoms with Crippen LogP contribution in [0, 0.1) is 11.7 Å². The van der Waals surface area contributed by atoms with Crippen LogP contribution in [0.15, 0.2) is 66.7 Å². The molecule has 2 aliphatic heterocycles. The number of likely N-dealkylation sites (N-methyl/N-ethyl adjacent to an activating group) is 1. The SMILES string of the molecule is COc1ccc(-c2ccc3c(c2)[C@@H]2[C@@H](CCN2C(=O)c2cccc(F)c2)[C@H](CO)N3C)cc1. The first-order chi connectivity index (χ1) is 16.0. The highest BCUT2D eigenvalue weighted by Crippen LogP contribution is 2.49. The summed E-state index contributed by atoms with van der Waals surface area (Å²) in [6.45, 7) is 0.584. The Hall–Kier alpha value is -3.38. The Labute approximate surface area is 193 Å². The molecule has 2 aliphatic rings. The van der Waals surface area contributed by atoms with Gasteiger partial charge < -0.3 is 19.6 Å². The molecule has 0 aromatic heterocycles. The van der Waals surface area contributed by atoms with E-state index in [-0.39, 0.29) is 30.5 Å². The molecule has 3 aromatic rings. The number of aliphatic hydroxyl groups is 1. The van der Waals surface area contributed by atoms with E-state index >= 15 is 0 Å². The number of fused-ring (bicyclic) bond motifs is 3. The van der Waals surface area contributed by atoms with E-state index in [4.69, 9.17) is 4.74 Å². The zero-order chi connectivity index (χ0) is 23.1. The van der Waals surface area contributed by atoms with Gasteiger partial charge >= 0.3 is 0 Å². The van der Waals surface area contributed by atoms with Crippen molar-refractivity contribution < 1.29 is 19.0 Å². The molecule has 5 rings (SSSR count). The third kappa shape index (κ3) is 3.64. The van der Waals surface area contributed by atoms with Crippen molar-refractivity contribution in [3.05, 3.63) is 83.7 Å². The topological polar surface area (TPSA) is 53.0 Å². The zero-order valence-electron chi connectivity index (χ0n) is 18.7. The number of carbonyl (C=O) groups is 1. The molecule has 33 heavy (non-hydrogen) atoms. The molecule has 3 aromatic carbocycles. The first kappa shape index (κ1) is 21.5. The Morgan fingerprint density at radius 2 is 1.85 bits per heavy atom. The first-order valence-electron chi connectivity index (χ1n) is 11.2. The van der Waals surface area contributed by atoms with Gasteiger partial charge in [-0.1, -0.05) is 24.3 Å². The lowest BCUT2D eigenvalue weighted by atomic mass is 9.81. The van der Waals surface area contributed by atoms with E-state index in [0.717, 1.165) is 34.5 Å². The number of carbonyl (C=O) groups excluding carboxylic acids is 1. The molecule has 0 bridgehead atoms. The van der Waals surface area contributed by atoms with Crippen molar-refractivity contribution in [1.29, 1.82) is 0 Å². The summed E-state index contributed by atoms with van der Waals surface area (Å²) in [5, 5.41) is 10.2. The molecule has 1 N–H and O–H groups in total. The number of aliphatic hydroxyl groups excluding tert-OH is 1. The molecule has 1 amide bonds. The molecule has 1 fully saturated rings. The molecular formula is C27H27FN2O3. The van der Waals surface area contributed by atoms with Crippen LogP contribution in [-0.2, 0) is 0 Å². The predicted octanol–water partition coefficient (Wildman–Crippen LogP) is 4.52. The van der Waals surface area contributed by atoms with Gasteiger partial charge in [-0.2, -0.15) is 0 Å². The number of amides is 1.